The Bertz CT molecular complexity index is 2230. The summed E-state index contributed by atoms with van der Waals surface area (Å²) in [4.78, 5) is 3.01. The molecule has 0 saturated heterocycles. The van der Waals surface area contributed by atoms with Crippen molar-refractivity contribution >= 4 is 74.3 Å². The predicted molar refractivity (Wildman–Crippen MR) is 247 cm³/mol. The normalized spacial score (nSPS) is 17.1. The fourth-order valence-electron chi connectivity index (χ4n) is 6.37. The monoisotopic (exact) mass is 907 g/mol. The summed E-state index contributed by atoms with van der Waals surface area (Å²) in [6, 6.07) is 15.4. The van der Waals surface area contributed by atoms with Gasteiger partial charge in [-0.2, -0.15) is 26.3 Å². The van der Waals surface area contributed by atoms with Gasteiger partial charge in [0.05, 0.1) is 18.1 Å². The van der Waals surface area contributed by atoms with Crippen LogP contribution < -0.4 is 4.90 Å². The van der Waals surface area contributed by atoms with E-state index in [0.717, 1.165) is 28.4 Å². The summed E-state index contributed by atoms with van der Waals surface area (Å²) >= 11 is 2.16. The van der Waals surface area contributed by atoms with Crippen molar-refractivity contribution in [3.8, 4) is 21.9 Å². The van der Waals surface area contributed by atoms with Crippen molar-refractivity contribution in [1.29, 1.82) is 0 Å². The topological polar surface area (TPSA) is 21.7 Å². The highest BCUT2D eigenvalue weighted by Crippen LogP contribution is 2.66. The maximum atomic E-state index is 16.2. The second-order valence-corrected chi connectivity index (χ2v) is 36.3. The number of anilines is 1. The van der Waals surface area contributed by atoms with E-state index in [1.54, 1.807) is 18.2 Å². The maximum absolute atomic E-state index is 16.2. The van der Waals surface area contributed by atoms with Crippen molar-refractivity contribution in [2.75, 3.05) is 31.2 Å². The Morgan fingerprint density at radius 1 is 0.695 bits per heavy atom. The summed E-state index contributed by atoms with van der Waals surface area (Å²) in [5.41, 5.74) is 1.30. The first-order valence-corrected chi connectivity index (χ1v) is 31.0. The lowest BCUT2D eigenvalue weighted by Gasteiger charge is -2.38. The molecular weight excluding hydrogens is 849 g/mol. The first-order chi connectivity index (χ1) is 26.8. The molecule has 1 aliphatic rings. The van der Waals surface area contributed by atoms with Gasteiger partial charge in [-0.3, -0.25) is 0 Å². The van der Waals surface area contributed by atoms with Gasteiger partial charge in [-0.05, 0) is 78.6 Å². The van der Waals surface area contributed by atoms with Gasteiger partial charge in [-0.25, -0.2) is 0 Å². The number of hydrogen-bond acceptors (Lipinski definition) is 5. The fraction of sp³-hybridized carbons (Fsp3) is 0.511. The Morgan fingerprint density at radius 2 is 1.20 bits per heavy atom. The van der Waals surface area contributed by atoms with E-state index in [2.05, 4.69) is 84.1 Å². The summed E-state index contributed by atoms with van der Waals surface area (Å²) in [5, 5.41) is 0.292. The van der Waals surface area contributed by atoms with Crippen LogP contribution >= 0.6 is 22.7 Å². The number of allylic oxidation sites excluding steroid dienone is 2. The molecule has 5 rings (SSSR count). The van der Waals surface area contributed by atoms with Crippen LogP contribution in [-0.2, 0) is 8.85 Å². The van der Waals surface area contributed by atoms with Crippen LogP contribution in [0.2, 0.25) is 55.9 Å². The number of rotatable bonds is 12. The van der Waals surface area contributed by atoms with Crippen LogP contribution in [0.4, 0.5) is 32.0 Å². The van der Waals surface area contributed by atoms with Crippen LogP contribution in [0.15, 0.2) is 54.6 Å². The molecule has 0 atom stereocenters. The van der Waals surface area contributed by atoms with Gasteiger partial charge in [0.1, 0.15) is 8.07 Å². The lowest BCUT2D eigenvalue weighted by molar-refractivity contribution is -0.254. The zero-order chi connectivity index (χ0) is 44.4. The molecule has 0 fully saturated rings. The van der Waals surface area contributed by atoms with E-state index in [-0.39, 0.29) is 36.3 Å². The molecule has 0 aliphatic heterocycles. The first kappa shape index (κ1) is 47.4. The van der Waals surface area contributed by atoms with E-state index in [1.807, 2.05) is 43.9 Å². The molecule has 2 heterocycles. The molecule has 14 heteroatoms. The van der Waals surface area contributed by atoms with E-state index >= 15 is 26.3 Å². The minimum Gasteiger partial charge on any atom is -0.415 e. The zero-order valence-electron chi connectivity index (χ0n) is 36.9. The number of fused-ring (bicyclic) bond motifs is 1. The van der Waals surface area contributed by atoms with Gasteiger partial charge in [-0.15, -0.1) is 28.2 Å². The van der Waals surface area contributed by atoms with Crippen LogP contribution in [0, 0.1) is 18.4 Å². The largest absolute Gasteiger partial charge is 0.415 e. The Kier molecular flexibility index (Phi) is 13.0. The molecule has 0 N–H and O–H groups in total. The molecular formula is C45H59F6NO2S2Si3. The van der Waals surface area contributed by atoms with Crippen molar-refractivity contribution in [1.82, 2.24) is 0 Å². The molecule has 0 amide bonds. The van der Waals surface area contributed by atoms with Crippen LogP contribution in [0.5, 0.6) is 0 Å². The third-order valence-corrected chi connectivity index (χ3v) is 24.2. The van der Waals surface area contributed by atoms with E-state index in [1.165, 1.54) is 19.1 Å². The average molecular weight is 908 g/mol. The molecule has 0 spiro atoms. The van der Waals surface area contributed by atoms with Gasteiger partial charge < -0.3 is 13.8 Å². The highest BCUT2D eigenvalue weighted by atomic mass is 32.1. The Morgan fingerprint density at radius 3 is 1.71 bits per heavy atom. The molecule has 2 aromatic heterocycles. The molecule has 3 nitrogen and oxygen atoms in total. The minimum absolute atomic E-state index is 0.0508. The van der Waals surface area contributed by atoms with E-state index in [0.29, 0.717) is 41.4 Å². The number of alkyl halides is 6. The van der Waals surface area contributed by atoms with Crippen LogP contribution in [0.1, 0.15) is 62.4 Å². The van der Waals surface area contributed by atoms with Gasteiger partial charge in [0.15, 0.2) is 16.6 Å². The van der Waals surface area contributed by atoms with Gasteiger partial charge >= 0.3 is 17.8 Å². The summed E-state index contributed by atoms with van der Waals surface area (Å²) in [5.74, 6) is -13.1. The highest BCUT2D eigenvalue weighted by Gasteiger charge is 2.80. The molecule has 0 saturated carbocycles. The minimum atomic E-state index is -5.68. The second kappa shape index (κ2) is 16.2. The first-order valence-electron chi connectivity index (χ1n) is 20.0. The molecule has 59 heavy (non-hydrogen) atoms. The van der Waals surface area contributed by atoms with E-state index in [9.17, 15) is 0 Å². The van der Waals surface area contributed by atoms with E-state index < -0.39 is 53.6 Å². The molecule has 322 valence electrons. The smallest absolute Gasteiger partial charge is 0.380 e. The summed E-state index contributed by atoms with van der Waals surface area (Å²) in [6.07, 6.45) is 0. The van der Waals surface area contributed by atoms with Crippen molar-refractivity contribution in [3.63, 3.8) is 0 Å². The van der Waals surface area contributed by atoms with Crippen molar-refractivity contribution in [2.45, 2.75) is 122 Å². The zero-order valence-corrected chi connectivity index (χ0v) is 41.5. The predicted octanol–water partition coefficient (Wildman–Crippen LogP) is 14.8. The number of nitrogens with zero attached hydrogens (tertiary/aromatic N) is 1. The highest BCUT2D eigenvalue weighted by molar-refractivity contribution is 7.20. The summed E-state index contributed by atoms with van der Waals surface area (Å²) in [7, 11) is -6.11. The number of aryl methyl sites for hydroxylation is 1. The van der Waals surface area contributed by atoms with Crippen molar-refractivity contribution in [2.24, 2.45) is 0 Å². The Hall–Kier alpha value is -2.65. The number of hydrogen-bond donors (Lipinski definition) is 0. The molecule has 0 radical (unpaired) electrons. The van der Waals surface area contributed by atoms with Gasteiger partial charge in [0.2, 0.25) is 0 Å². The summed E-state index contributed by atoms with van der Waals surface area (Å²) < 4.78 is 110. The number of halogens is 6. The molecule has 0 unspecified atom stereocenters. The third-order valence-electron chi connectivity index (χ3n) is 12.0. The fourth-order valence-corrected chi connectivity index (χ4v) is 11.1. The Balaban J connectivity index is 1.57. The van der Waals surface area contributed by atoms with Crippen molar-refractivity contribution in [3.05, 3.63) is 75.5 Å². The molecule has 0 bridgehead atoms. The van der Waals surface area contributed by atoms with Crippen LogP contribution in [0.3, 0.4) is 0 Å². The lowest BCUT2D eigenvalue weighted by Crippen LogP contribution is -2.48. The van der Waals surface area contributed by atoms with Crippen LogP contribution in [0.25, 0.3) is 31.7 Å². The third kappa shape index (κ3) is 9.27. The number of thiophene rings is 2. The van der Waals surface area contributed by atoms with Gasteiger partial charge in [0.25, 0.3) is 0 Å². The molecule has 1 aliphatic carbocycles. The molecule has 4 aromatic rings. The average Bonchev–Trinajstić information content (AvgIpc) is 3.69. The van der Waals surface area contributed by atoms with E-state index in [4.69, 9.17) is 8.85 Å². The van der Waals surface area contributed by atoms with Crippen LogP contribution in [-0.4, -0.2) is 68.8 Å². The number of benzene rings is 2. The second-order valence-electron chi connectivity index (χ2n) is 19.6. The summed E-state index contributed by atoms with van der Waals surface area (Å²) in [6.45, 7) is 31.8. The van der Waals surface area contributed by atoms with Gasteiger partial charge in [-0.1, -0.05) is 97.4 Å². The maximum Gasteiger partial charge on any atom is 0.380 e. The quantitative estimate of drug-likeness (QED) is 0.0803. The van der Waals surface area contributed by atoms with Crippen molar-refractivity contribution < 1.29 is 35.2 Å². The Labute approximate surface area is 358 Å². The van der Waals surface area contributed by atoms with Gasteiger partial charge in [0, 0.05) is 55.3 Å². The lowest BCUT2D eigenvalue weighted by atomic mass is 9.93. The molecule has 2 aromatic carbocycles. The standard InChI is InChI=1S/C45H59F6NO2S2Si3/c1-30-34(39-40(44(48,49)45(50,51)43(39,46)47)38-33-17-15-16-18-35(33)56-36(38)23-28-57(8,9)10)29-37(55-30)31-19-21-32(22-20-31)52(24-26-53-58(11,12)41(2,3)4)25-27-54-59(13,14)42(5,6)7/h15-22,29H,24-27H2,1-14H3. The SMILES string of the molecule is Cc1sc(-c2ccc(N(CCO[Si](C)(C)C(C)(C)C)CCO[Si](C)(C)C(C)(C)C)cc2)cc1C1=C(c2c(C#C[Si](C)(C)C)sc3ccccc23)C(F)(F)C(F)(F)C1(F)F.